The van der Waals surface area contributed by atoms with Crippen molar-refractivity contribution in [3.8, 4) is 11.5 Å². The van der Waals surface area contributed by atoms with E-state index in [-0.39, 0.29) is 28.7 Å². The second-order valence-corrected chi connectivity index (χ2v) is 8.23. The minimum atomic E-state index is -3.55. The fourth-order valence-corrected chi connectivity index (χ4v) is 3.98. The highest BCUT2D eigenvalue weighted by molar-refractivity contribution is 7.90. The fraction of sp³-hybridized carbons (Fsp3) is 0.190. The van der Waals surface area contributed by atoms with E-state index in [2.05, 4.69) is 5.32 Å². The smallest absolute Gasteiger partial charge is 0.287 e. The van der Waals surface area contributed by atoms with Crippen molar-refractivity contribution in [2.75, 3.05) is 14.2 Å². The monoisotopic (exact) mass is 415 g/mol. The van der Waals surface area contributed by atoms with Crippen molar-refractivity contribution in [3.05, 3.63) is 77.7 Å². The lowest BCUT2D eigenvalue weighted by molar-refractivity contribution is 0.0921. The number of nitrogens with one attached hydrogen (secondary N) is 1. The van der Waals surface area contributed by atoms with E-state index in [1.165, 1.54) is 24.3 Å². The molecule has 0 aliphatic carbocycles. The van der Waals surface area contributed by atoms with E-state index in [1.807, 2.05) is 0 Å². The number of carbonyl (C=O) groups excluding carboxylic acids is 1. The predicted octanol–water partition coefficient (Wildman–Crippen LogP) is 3.20. The molecule has 3 rings (SSSR count). The number of carbonyl (C=O) groups is 1. The maximum atomic E-state index is 12.4. The first-order valence-corrected chi connectivity index (χ1v) is 10.4. The third-order valence-corrected chi connectivity index (χ3v) is 5.84. The van der Waals surface area contributed by atoms with Gasteiger partial charge in [0.2, 0.25) is 0 Å². The molecule has 3 aromatic rings. The molecule has 1 heterocycles. The normalized spacial score (nSPS) is 11.1. The number of benzene rings is 2. The van der Waals surface area contributed by atoms with Crippen molar-refractivity contribution in [2.24, 2.45) is 0 Å². The van der Waals surface area contributed by atoms with Crippen LogP contribution in [0.15, 0.2) is 70.0 Å². The Morgan fingerprint density at radius 1 is 0.966 bits per heavy atom. The van der Waals surface area contributed by atoms with Crippen LogP contribution < -0.4 is 14.8 Å². The van der Waals surface area contributed by atoms with Crippen LogP contribution in [0.3, 0.4) is 0 Å². The molecule has 152 valence electrons. The lowest BCUT2D eigenvalue weighted by Gasteiger charge is -2.09. The average molecular weight is 415 g/mol. The molecule has 8 heteroatoms. The maximum Gasteiger partial charge on any atom is 0.287 e. The third-order valence-electron chi connectivity index (χ3n) is 4.18. The summed E-state index contributed by atoms with van der Waals surface area (Å²) < 4.78 is 40.7. The average Bonchev–Trinajstić information content (AvgIpc) is 3.20. The first kappa shape index (κ1) is 20.5. The molecular weight excluding hydrogens is 394 g/mol. The van der Waals surface area contributed by atoms with Gasteiger partial charge in [0.05, 0.1) is 19.1 Å². The SMILES string of the molecule is COc1cc(CNC(=O)c2ccc(CS(=O)(=O)c3ccccc3)o2)cc(OC)c1. The van der Waals surface area contributed by atoms with Crippen LogP contribution in [-0.2, 0) is 22.1 Å². The van der Waals surface area contributed by atoms with E-state index in [0.717, 1.165) is 5.56 Å². The second-order valence-electron chi connectivity index (χ2n) is 6.24. The van der Waals surface area contributed by atoms with Gasteiger partial charge in [-0.25, -0.2) is 8.42 Å². The number of rotatable bonds is 8. The summed E-state index contributed by atoms with van der Waals surface area (Å²) in [5, 5.41) is 2.73. The van der Waals surface area contributed by atoms with Crippen molar-refractivity contribution in [1.82, 2.24) is 5.32 Å². The highest BCUT2D eigenvalue weighted by Crippen LogP contribution is 2.22. The molecule has 1 amide bonds. The topological polar surface area (TPSA) is 94.8 Å². The quantitative estimate of drug-likeness (QED) is 0.607. The number of amides is 1. The predicted molar refractivity (Wildman–Crippen MR) is 107 cm³/mol. The molecule has 1 aromatic heterocycles. The second kappa shape index (κ2) is 8.83. The molecule has 0 saturated heterocycles. The van der Waals surface area contributed by atoms with Crippen LogP contribution in [0.4, 0.5) is 0 Å². The van der Waals surface area contributed by atoms with Gasteiger partial charge in [-0.15, -0.1) is 0 Å². The van der Waals surface area contributed by atoms with Crippen molar-refractivity contribution in [2.45, 2.75) is 17.2 Å². The standard InChI is InChI=1S/C21H21NO6S/c1-26-17-10-15(11-18(12-17)27-2)13-22-21(23)20-9-8-16(28-20)14-29(24,25)19-6-4-3-5-7-19/h3-12H,13-14H2,1-2H3,(H,22,23). The Balaban J connectivity index is 1.65. The van der Waals surface area contributed by atoms with Gasteiger partial charge in [-0.1, -0.05) is 18.2 Å². The Morgan fingerprint density at radius 3 is 2.24 bits per heavy atom. The van der Waals surface area contributed by atoms with Crippen LogP contribution in [0.1, 0.15) is 21.9 Å². The van der Waals surface area contributed by atoms with Gasteiger partial charge < -0.3 is 19.2 Å². The number of hydrogen-bond donors (Lipinski definition) is 1. The Morgan fingerprint density at radius 2 is 1.62 bits per heavy atom. The summed E-state index contributed by atoms with van der Waals surface area (Å²) in [5.74, 6) is 0.688. The van der Waals surface area contributed by atoms with Crippen LogP contribution in [0.2, 0.25) is 0 Å². The van der Waals surface area contributed by atoms with Crippen LogP contribution >= 0.6 is 0 Å². The van der Waals surface area contributed by atoms with Gasteiger partial charge >= 0.3 is 0 Å². The summed E-state index contributed by atoms with van der Waals surface area (Å²) in [6, 6.07) is 16.3. The lowest BCUT2D eigenvalue weighted by Crippen LogP contribution is -2.22. The first-order valence-electron chi connectivity index (χ1n) is 8.78. The van der Waals surface area contributed by atoms with E-state index in [4.69, 9.17) is 13.9 Å². The number of sulfone groups is 1. The number of ether oxygens (including phenoxy) is 2. The summed E-state index contributed by atoms with van der Waals surface area (Å²) in [6.45, 7) is 0.227. The number of hydrogen-bond acceptors (Lipinski definition) is 6. The largest absolute Gasteiger partial charge is 0.497 e. The molecule has 2 aromatic carbocycles. The summed E-state index contributed by atoms with van der Waals surface area (Å²) in [7, 11) is -0.456. The Labute approximate surface area is 169 Å². The van der Waals surface area contributed by atoms with E-state index in [0.29, 0.717) is 11.5 Å². The summed E-state index contributed by atoms with van der Waals surface area (Å²) in [5.41, 5.74) is 0.785. The fourth-order valence-electron chi connectivity index (χ4n) is 2.71. The van der Waals surface area contributed by atoms with Gasteiger partial charge in [-0.2, -0.15) is 0 Å². The van der Waals surface area contributed by atoms with E-state index >= 15 is 0 Å². The van der Waals surface area contributed by atoms with E-state index in [1.54, 1.807) is 50.6 Å². The molecule has 0 bridgehead atoms. The van der Waals surface area contributed by atoms with Crippen LogP contribution in [0.5, 0.6) is 11.5 Å². The van der Waals surface area contributed by atoms with E-state index < -0.39 is 15.7 Å². The minimum Gasteiger partial charge on any atom is -0.497 e. The van der Waals surface area contributed by atoms with Crippen LogP contribution in [-0.4, -0.2) is 28.5 Å². The molecule has 0 unspecified atom stereocenters. The highest BCUT2D eigenvalue weighted by atomic mass is 32.2. The van der Waals surface area contributed by atoms with Gasteiger partial charge in [0.15, 0.2) is 15.6 Å². The molecule has 0 fully saturated rings. The zero-order valence-electron chi connectivity index (χ0n) is 16.0. The van der Waals surface area contributed by atoms with E-state index in [9.17, 15) is 13.2 Å². The lowest BCUT2D eigenvalue weighted by atomic mass is 10.2. The van der Waals surface area contributed by atoms with Gasteiger partial charge in [0, 0.05) is 12.6 Å². The van der Waals surface area contributed by atoms with Crippen molar-refractivity contribution >= 4 is 15.7 Å². The Bertz CT molecular complexity index is 1070. The molecule has 0 saturated carbocycles. The van der Waals surface area contributed by atoms with Crippen molar-refractivity contribution in [3.63, 3.8) is 0 Å². The number of methoxy groups -OCH3 is 2. The molecule has 0 aliphatic rings. The van der Waals surface area contributed by atoms with Gasteiger partial charge in [-0.05, 0) is 42.0 Å². The minimum absolute atomic E-state index is 0.0399. The van der Waals surface area contributed by atoms with Crippen LogP contribution in [0.25, 0.3) is 0 Å². The summed E-state index contributed by atoms with van der Waals surface area (Å²) >= 11 is 0. The molecule has 0 radical (unpaired) electrons. The summed E-state index contributed by atoms with van der Waals surface area (Å²) in [6.07, 6.45) is 0. The molecular formula is C21H21NO6S. The Kier molecular flexibility index (Phi) is 6.23. The molecule has 0 atom stereocenters. The molecule has 7 nitrogen and oxygen atoms in total. The summed E-state index contributed by atoms with van der Waals surface area (Å²) in [4.78, 5) is 12.6. The molecule has 29 heavy (non-hydrogen) atoms. The van der Waals surface area contributed by atoms with Crippen LogP contribution in [0, 0.1) is 0 Å². The molecule has 1 N–H and O–H groups in total. The molecule has 0 spiro atoms. The van der Waals surface area contributed by atoms with Gasteiger partial charge in [-0.3, -0.25) is 4.79 Å². The van der Waals surface area contributed by atoms with Crippen molar-refractivity contribution < 1.29 is 27.1 Å². The maximum absolute atomic E-state index is 12.4. The zero-order chi connectivity index (χ0) is 20.9. The molecule has 0 aliphatic heterocycles. The third kappa shape index (κ3) is 5.17. The van der Waals surface area contributed by atoms with Gasteiger partial charge in [0.1, 0.15) is 23.0 Å². The number of furan rings is 1. The zero-order valence-corrected chi connectivity index (χ0v) is 16.9. The Hall–Kier alpha value is -3.26. The first-order chi connectivity index (χ1) is 13.9. The highest BCUT2D eigenvalue weighted by Gasteiger charge is 2.19. The van der Waals surface area contributed by atoms with Gasteiger partial charge in [0.25, 0.3) is 5.91 Å². The van der Waals surface area contributed by atoms with Crippen molar-refractivity contribution in [1.29, 1.82) is 0 Å².